The maximum absolute atomic E-state index is 12.5. The maximum atomic E-state index is 12.5. The number of aromatic nitrogens is 2. The Morgan fingerprint density at radius 2 is 1.75 bits per heavy atom. The van der Waals surface area contributed by atoms with Gasteiger partial charge in [-0.2, -0.15) is 5.10 Å². The third-order valence-corrected chi connectivity index (χ3v) is 4.56. The van der Waals surface area contributed by atoms with E-state index in [1.807, 2.05) is 87.0 Å². The normalized spacial score (nSPS) is 10.9. The third kappa shape index (κ3) is 4.80. The zero-order chi connectivity index (χ0) is 20.1. The number of nitrogens with one attached hydrogen (secondary N) is 1. The molecular formula is C23H27N3O2. The van der Waals surface area contributed by atoms with Gasteiger partial charge in [-0.05, 0) is 57.5 Å². The van der Waals surface area contributed by atoms with Crippen molar-refractivity contribution in [3.8, 4) is 11.4 Å². The number of hydrogen-bond donors (Lipinski definition) is 1. The van der Waals surface area contributed by atoms with Crippen LogP contribution in [0, 0.1) is 13.8 Å². The molecule has 1 heterocycles. The molecule has 5 heteroatoms. The Balaban J connectivity index is 1.62. The second-order valence-corrected chi connectivity index (χ2v) is 7.16. The minimum absolute atomic E-state index is 0.0127. The summed E-state index contributed by atoms with van der Waals surface area (Å²) in [6.07, 6.45) is 0.466. The molecule has 3 rings (SSSR count). The number of carbonyl (C=O) groups is 1. The van der Waals surface area contributed by atoms with E-state index < -0.39 is 0 Å². The van der Waals surface area contributed by atoms with E-state index in [0.717, 1.165) is 34.0 Å². The van der Waals surface area contributed by atoms with E-state index in [9.17, 15) is 4.79 Å². The summed E-state index contributed by atoms with van der Waals surface area (Å²) < 4.78 is 7.54. The first-order valence-corrected chi connectivity index (χ1v) is 9.57. The van der Waals surface area contributed by atoms with Crippen LogP contribution in [0.3, 0.4) is 0 Å². The Kier molecular flexibility index (Phi) is 6.14. The molecule has 0 atom stereocenters. The molecule has 0 saturated carbocycles. The van der Waals surface area contributed by atoms with Gasteiger partial charge in [0.15, 0.2) is 0 Å². The second kappa shape index (κ2) is 8.74. The van der Waals surface area contributed by atoms with Crippen LogP contribution < -0.4 is 10.1 Å². The summed E-state index contributed by atoms with van der Waals surface area (Å²) in [7, 11) is 0. The number of nitrogens with zero attached hydrogens (tertiary/aromatic N) is 2. The van der Waals surface area contributed by atoms with Crippen LogP contribution in [0.25, 0.3) is 5.69 Å². The van der Waals surface area contributed by atoms with E-state index >= 15 is 0 Å². The number of para-hydroxylation sites is 1. The monoisotopic (exact) mass is 377 g/mol. The number of rotatable bonds is 7. The summed E-state index contributed by atoms with van der Waals surface area (Å²) in [5, 5.41) is 7.60. The lowest BCUT2D eigenvalue weighted by Gasteiger charge is -2.10. The van der Waals surface area contributed by atoms with Crippen LogP contribution in [-0.4, -0.2) is 21.8 Å². The molecule has 0 bridgehead atoms. The lowest BCUT2D eigenvalue weighted by Crippen LogP contribution is -2.25. The number of carbonyl (C=O) groups excluding carboxylic acids is 1. The second-order valence-electron chi connectivity index (χ2n) is 7.16. The molecular weight excluding hydrogens is 350 g/mol. The molecule has 1 N–H and O–H groups in total. The maximum Gasteiger partial charge on any atom is 0.224 e. The van der Waals surface area contributed by atoms with Gasteiger partial charge in [-0.3, -0.25) is 4.79 Å². The van der Waals surface area contributed by atoms with Gasteiger partial charge in [0.2, 0.25) is 5.91 Å². The van der Waals surface area contributed by atoms with E-state index in [1.165, 1.54) is 0 Å². The highest BCUT2D eigenvalue weighted by Gasteiger charge is 2.15. The first-order chi connectivity index (χ1) is 13.4. The predicted molar refractivity (Wildman–Crippen MR) is 111 cm³/mol. The summed E-state index contributed by atoms with van der Waals surface area (Å²) in [4.78, 5) is 12.5. The predicted octanol–water partition coefficient (Wildman–Crippen LogP) is 4.14. The van der Waals surface area contributed by atoms with Crippen molar-refractivity contribution in [3.05, 3.63) is 77.1 Å². The summed E-state index contributed by atoms with van der Waals surface area (Å²) in [5.41, 5.74) is 4.89. The van der Waals surface area contributed by atoms with Crippen LogP contribution in [0.2, 0.25) is 0 Å². The van der Waals surface area contributed by atoms with Gasteiger partial charge in [0, 0.05) is 17.8 Å². The van der Waals surface area contributed by atoms with Crippen LogP contribution in [-0.2, 0) is 17.8 Å². The summed E-state index contributed by atoms with van der Waals surface area (Å²) >= 11 is 0. The Morgan fingerprint density at radius 1 is 1.07 bits per heavy atom. The van der Waals surface area contributed by atoms with Crippen molar-refractivity contribution in [1.29, 1.82) is 0 Å². The molecule has 0 saturated heterocycles. The first kappa shape index (κ1) is 19.7. The van der Waals surface area contributed by atoms with E-state index in [-0.39, 0.29) is 12.0 Å². The molecule has 0 aliphatic heterocycles. The quantitative estimate of drug-likeness (QED) is 0.673. The van der Waals surface area contributed by atoms with Gasteiger partial charge in [0.1, 0.15) is 5.75 Å². The molecule has 1 aromatic heterocycles. The fourth-order valence-electron chi connectivity index (χ4n) is 3.13. The zero-order valence-electron chi connectivity index (χ0n) is 16.9. The molecule has 0 unspecified atom stereocenters. The third-order valence-electron chi connectivity index (χ3n) is 4.56. The molecule has 1 amide bonds. The smallest absolute Gasteiger partial charge is 0.224 e. The fraction of sp³-hybridized carbons (Fsp3) is 0.304. The molecule has 0 aliphatic rings. The largest absolute Gasteiger partial charge is 0.491 e. The number of ether oxygens (including phenoxy) is 1. The molecule has 0 fully saturated rings. The first-order valence-electron chi connectivity index (χ1n) is 9.57. The Hall–Kier alpha value is -3.08. The van der Waals surface area contributed by atoms with Crippen LogP contribution in [0.15, 0.2) is 54.6 Å². The summed E-state index contributed by atoms with van der Waals surface area (Å²) in [6.45, 7) is 8.44. The van der Waals surface area contributed by atoms with Crippen molar-refractivity contribution < 1.29 is 9.53 Å². The number of benzene rings is 2. The van der Waals surface area contributed by atoms with E-state index in [1.54, 1.807) is 0 Å². The van der Waals surface area contributed by atoms with E-state index in [4.69, 9.17) is 4.74 Å². The average molecular weight is 377 g/mol. The highest BCUT2D eigenvalue weighted by Crippen LogP contribution is 2.18. The Bertz CT molecular complexity index is 928. The van der Waals surface area contributed by atoms with E-state index in [2.05, 4.69) is 10.4 Å². The van der Waals surface area contributed by atoms with Crippen molar-refractivity contribution in [3.63, 3.8) is 0 Å². The SMILES string of the molecule is Cc1nn(-c2ccccc2)c(C)c1CC(=O)NCc1ccc(OC(C)C)cc1. The lowest BCUT2D eigenvalue weighted by atomic mass is 10.1. The van der Waals surface area contributed by atoms with Gasteiger partial charge in [0.25, 0.3) is 0 Å². The van der Waals surface area contributed by atoms with Gasteiger partial charge in [-0.1, -0.05) is 30.3 Å². The van der Waals surface area contributed by atoms with Gasteiger partial charge in [-0.15, -0.1) is 0 Å². The molecule has 3 aromatic rings. The molecule has 146 valence electrons. The Morgan fingerprint density at radius 3 is 2.39 bits per heavy atom. The summed E-state index contributed by atoms with van der Waals surface area (Å²) in [5.74, 6) is 0.825. The van der Waals surface area contributed by atoms with Crippen molar-refractivity contribution >= 4 is 5.91 Å². The number of hydrogen-bond acceptors (Lipinski definition) is 3. The minimum Gasteiger partial charge on any atom is -0.491 e. The van der Waals surface area contributed by atoms with Crippen molar-refractivity contribution in [1.82, 2.24) is 15.1 Å². The van der Waals surface area contributed by atoms with Gasteiger partial charge < -0.3 is 10.1 Å². The van der Waals surface area contributed by atoms with Crippen molar-refractivity contribution in [2.75, 3.05) is 0 Å². The van der Waals surface area contributed by atoms with Crippen molar-refractivity contribution in [2.45, 2.75) is 46.8 Å². The molecule has 28 heavy (non-hydrogen) atoms. The van der Waals surface area contributed by atoms with Crippen molar-refractivity contribution in [2.24, 2.45) is 0 Å². The van der Waals surface area contributed by atoms with Crippen LogP contribution in [0.5, 0.6) is 5.75 Å². The highest BCUT2D eigenvalue weighted by atomic mass is 16.5. The molecule has 2 aromatic carbocycles. The molecule has 0 radical (unpaired) electrons. The van der Waals surface area contributed by atoms with Crippen LogP contribution >= 0.6 is 0 Å². The lowest BCUT2D eigenvalue weighted by molar-refractivity contribution is -0.120. The Labute approximate surface area is 166 Å². The van der Waals surface area contributed by atoms with Crippen LogP contribution in [0.1, 0.15) is 36.4 Å². The molecule has 0 aliphatic carbocycles. The van der Waals surface area contributed by atoms with Crippen LogP contribution in [0.4, 0.5) is 0 Å². The standard InChI is InChI=1S/C23H27N3O2/c1-16(2)28-21-12-10-19(11-13-21)15-24-23(27)14-22-17(3)25-26(18(22)4)20-8-6-5-7-9-20/h5-13,16H,14-15H2,1-4H3,(H,24,27). The van der Waals surface area contributed by atoms with Gasteiger partial charge in [-0.25, -0.2) is 4.68 Å². The van der Waals surface area contributed by atoms with Gasteiger partial charge in [0.05, 0.1) is 23.9 Å². The average Bonchev–Trinajstić information content (AvgIpc) is 2.96. The highest BCUT2D eigenvalue weighted by molar-refractivity contribution is 5.79. The summed E-state index contributed by atoms with van der Waals surface area (Å²) in [6, 6.07) is 17.8. The zero-order valence-corrected chi connectivity index (χ0v) is 16.9. The minimum atomic E-state index is -0.0127. The topological polar surface area (TPSA) is 56.2 Å². The van der Waals surface area contributed by atoms with E-state index in [0.29, 0.717) is 13.0 Å². The van der Waals surface area contributed by atoms with Gasteiger partial charge >= 0.3 is 0 Å². The molecule has 5 nitrogen and oxygen atoms in total. The number of aryl methyl sites for hydroxylation is 1. The molecule has 0 spiro atoms. The number of amides is 1. The fourth-order valence-corrected chi connectivity index (χ4v) is 3.13.